The van der Waals surface area contributed by atoms with Crippen LogP contribution >= 0.6 is 0 Å². The Labute approximate surface area is 271 Å². The van der Waals surface area contributed by atoms with Crippen molar-refractivity contribution in [3.63, 3.8) is 0 Å². The van der Waals surface area contributed by atoms with Crippen molar-refractivity contribution < 1.29 is 4.42 Å². The van der Waals surface area contributed by atoms with Crippen LogP contribution in [0.25, 0.3) is 89.1 Å². The fraction of sp³-hybridized carbons (Fsp3) is 0. The summed E-state index contributed by atoms with van der Waals surface area (Å²) in [5, 5.41) is 4.51. The molecule has 0 radical (unpaired) electrons. The van der Waals surface area contributed by atoms with E-state index in [1.54, 1.807) is 0 Å². The zero-order valence-corrected chi connectivity index (χ0v) is 25.3. The molecule has 0 saturated carbocycles. The highest BCUT2D eigenvalue weighted by molar-refractivity contribution is 6.12. The standard InChI is InChI=1S/C43H27N3O/c1-3-12-30(13-4-1)41-44-42(31-14-5-2-6-15-31)46-43(45-41)36-27-26-32(34-16-7-8-17-35(34)36)28-22-24-29(25-23-28)33-19-11-21-39-40(33)37-18-9-10-20-38(37)47-39/h1-27H. The largest absolute Gasteiger partial charge is 0.456 e. The van der Waals surface area contributed by atoms with Gasteiger partial charge in [0.05, 0.1) is 0 Å². The molecule has 2 heterocycles. The summed E-state index contributed by atoms with van der Waals surface area (Å²) in [6.07, 6.45) is 0. The Bertz CT molecular complexity index is 2500. The first-order valence-electron chi connectivity index (χ1n) is 15.7. The minimum atomic E-state index is 0.649. The molecule has 2 aromatic heterocycles. The van der Waals surface area contributed by atoms with Crippen LogP contribution in [0.15, 0.2) is 168 Å². The molecule has 0 bridgehead atoms. The van der Waals surface area contributed by atoms with E-state index in [9.17, 15) is 0 Å². The number of hydrogen-bond acceptors (Lipinski definition) is 4. The quantitative estimate of drug-likeness (QED) is 0.197. The van der Waals surface area contributed by atoms with Gasteiger partial charge in [-0.3, -0.25) is 0 Å². The molecule has 0 aliphatic carbocycles. The number of fused-ring (bicyclic) bond motifs is 4. The van der Waals surface area contributed by atoms with Crippen LogP contribution in [0.2, 0.25) is 0 Å². The summed E-state index contributed by atoms with van der Waals surface area (Å²) in [5.41, 5.74) is 9.30. The fourth-order valence-corrected chi connectivity index (χ4v) is 6.52. The highest BCUT2D eigenvalue weighted by Crippen LogP contribution is 2.39. The molecule has 0 aliphatic rings. The smallest absolute Gasteiger partial charge is 0.164 e. The summed E-state index contributed by atoms with van der Waals surface area (Å²) in [7, 11) is 0. The minimum absolute atomic E-state index is 0.649. The van der Waals surface area contributed by atoms with Crippen LogP contribution in [0.1, 0.15) is 0 Å². The maximum Gasteiger partial charge on any atom is 0.164 e. The van der Waals surface area contributed by atoms with Crippen LogP contribution < -0.4 is 0 Å². The summed E-state index contributed by atoms with van der Waals surface area (Å²) in [5.74, 6) is 1.95. The van der Waals surface area contributed by atoms with Crippen molar-refractivity contribution in [2.24, 2.45) is 0 Å². The number of aromatic nitrogens is 3. The molecule has 4 heteroatoms. The number of para-hydroxylation sites is 1. The highest BCUT2D eigenvalue weighted by Gasteiger charge is 2.17. The third-order valence-corrected chi connectivity index (χ3v) is 8.77. The van der Waals surface area contributed by atoms with Crippen molar-refractivity contribution in [3.05, 3.63) is 164 Å². The first-order valence-corrected chi connectivity index (χ1v) is 15.7. The molecule has 0 aliphatic heterocycles. The van der Waals surface area contributed by atoms with Gasteiger partial charge in [0.15, 0.2) is 17.5 Å². The van der Waals surface area contributed by atoms with Crippen LogP contribution in [0.3, 0.4) is 0 Å². The second kappa shape index (κ2) is 11.2. The van der Waals surface area contributed by atoms with E-state index in [0.717, 1.165) is 71.7 Å². The van der Waals surface area contributed by atoms with Gasteiger partial charge in [-0.15, -0.1) is 0 Å². The molecule has 9 rings (SSSR count). The van der Waals surface area contributed by atoms with Gasteiger partial charge in [0.25, 0.3) is 0 Å². The zero-order valence-electron chi connectivity index (χ0n) is 25.3. The molecular formula is C43H27N3O. The van der Waals surface area contributed by atoms with Crippen molar-refractivity contribution in [1.29, 1.82) is 0 Å². The van der Waals surface area contributed by atoms with Gasteiger partial charge in [0, 0.05) is 27.5 Å². The van der Waals surface area contributed by atoms with E-state index in [1.165, 1.54) is 0 Å². The predicted molar refractivity (Wildman–Crippen MR) is 192 cm³/mol. The number of furan rings is 1. The van der Waals surface area contributed by atoms with Gasteiger partial charge in [0.1, 0.15) is 11.2 Å². The molecule has 0 spiro atoms. The van der Waals surface area contributed by atoms with Crippen LogP contribution in [0.4, 0.5) is 0 Å². The lowest BCUT2D eigenvalue weighted by Gasteiger charge is -2.13. The Balaban J connectivity index is 1.16. The topological polar surface area (TPSA) is 51.8 Å². The molecule has 0 saturated heterocycles. The van der Waals surface area contributed by atoms with Gasteiger partial charge < -0.3 is 4.42 Å². The van der Waals surface area contributed by atoms with Crippen molar-refractivity contribution >= 4 is 32.7 Å². The van der Waals surface area contributed by atoms with Crippen molar-refractivity contribution in [2.45, 2.75) is 0 Å². The number of benzene rings is 7. The SMILES string of the molecule is c1ccc(-c2nc(-c3ccccc3)nc(-c3ccc(-c4ccc(-c5cccc6oc7ccccc7c56)cc4)c4ccccc34)n2)cc1. The van der Waals surface area contributed by atoms with Gasteiger partial charge in [-0.2, -0.15) is 0 Å². The van der Waals surface area contributed by atoms with Crippen molar-refractivity contribution in [2.75, 3.05) is 0 Å². The lowest BCUT2D eigenvalue weighted by atomic mass is 9.93. The van der Waals surface area contributed by atoms with Gasteiger partial charge in [-0.25, -0.2) is 15.0 Å². The van der Waals surface area contributed by atoms with Gasteiger partial charge in [0.2, 0.25) is 0 Å². The Morgan fingerprint density at radius 1 is 0.298 bits per heavy atom. The molecule has 9 aromatic rings. The average Bonchev–Trinajstić information content (AvgIpc) is 3.54. The first kappa shape index (κ1) is 27.0. The van der Waals surface area contributed by atoms with E-state index in [0.29, 0.717) is 17.5 Å². The molecule has 7 aromatic carbocycles. The minimum Gasteiger partial charge on any atom is -0.456 e. The Kier molecular flexibility index (Phi) is 6.43. The maximum atomic E-state index is 6.15. The number of rotatable bonds is 5. The van der Waals surface area contributed by atoms with Gasteiger partial charge >= 0.3 is 0 Å². The Morgan fingerprint density at radius 2 is 0.787 bits per heavy atom. The lowest BCUT2D eigenvalue weighted by Crippen LogP contribution is -2.00. The normalized spacial score (nSPS) is 11.4. The molecule has 0 atom stereocenters. The maximum absolute atomic E-state index is 6.15. The monoisotopic (exact) mass is 601 g/mol. The van der Waals surface area contributed by atoms with Crippen LogP contribution in [-0.4, -0.2) is 15.0 Å². The summed E-state index contributed by atoms with van der Waals surface area (Å²) >= 11 is 0. The van der Waals surface area contributed by atoms with Crippen LogP contribution in [0, 0.1) is 0 Å². The van der Waals surface area contributed by atoms with Crippen molar-refractivity contribution in [1.82, 2.24) is 15.0 Å². The molecule has 47 heavy (non-hydrogen) atoms. The summed E-state index contributed by atoms with van der Waals surface area (Å²) in [4.78, 5) is 14.9. The van der Waals surface area contributed by atoms with Gasteiger partial charge in [-0.1, -0.05) is 146 Å². The molecule has 0 N–H and O–H groups in total. The van der Waals surface area contributed by atoms with E-state index >= 15 is 0 Å². The molecular weight excluding hydrogens is 574 g/mol. The highest BCUT2D eigenvalue weighted by atomic mass is 16.3. The first-order chi connectivity index (χ1) is 23.3. The van der Waals surface area contributed by atoms with Crippen molar-refractivity contribution in [3.8, 4) is 56.4 Å². The predicted octanol–water partition coefficient (Wildman–Crippen LogP) is 11.3. The Morgan fingerprint density at radius 3 is 1.45 bits per heavy atom. The van der Waals surface area contributed by atoms with E-state index in [4.69, 9.17) is 19.4 Å². The molecule has 220 valence electrons. The molecule has 4 nitrogen and oxygen atoms in total. The van der Waals surface area contributed by atoms with E-state index in [2.05, 4.69) is 84.9 Å². The van der Waals surface area contributed by atoms with Crippen LogP contribution in [-0.2, 0) is 0 Å². The summed E-state index contributed by atoms with van der Waals surface area (Å²) in [6, 6.07) is 56.4. The molecule has 0 amide bonds. The lowest BCUT2D eigenvalue weighted by molar-refractivity contribution is 0.669. The van der Waals surface area contributed by atoms with Crippen LogP contribution in [0.5, 0.6) is 0 Å². The summed E-state index contributed by atoms with van der Waals surface area (Å²) in [6.45, 7) is 0. The number of hydrogen-bond donors (Lipinski definition) is 0. The average molecular weight is 602 g/mol. The van der Waals surface area contributed by atoms with E-state index in [1.807, 2.05) is 78.9 Å². The van der Waals surface area contributed by atoms with Gasteiger partial charge in [-0.05, 0) is 51.2 Å². The second-order valence-electron chi connectivity index (χ2n) is 11.6. The zero-order chi connectivity index (χ0) is 31.2. The molecule has 0 fully saturated rings. The third-order valence-electron chi connectivity index (χ3n) is 8.77. The fourth-order valence-electron chi connectivity index (χ4n) is 6.52. The Hall–Kier alpha value is -6.39. The second-order valence-corrected chi connectivity index (χ2v) is 11.6. The number of nitrogens with zero attached hydrogens (tertiary/aromatic N) is 3. The summed E-state index contributed by atoms with van der Waals surface area (Å²) < 4.78 is 6.15. The third kappa shape index (κ3) is 4.75. The van der Waals surface area contributed by atoms with E-state index in [-0.39, 0.29) is 0 Å². The molecule has 0 unspecified atom stereocenters. The van der Waals surface area contributed by atoms with E-state index < -0.39 is 0 Å².